The van der Waals surface area contributed by atoms with Gasteiger partial charge in [-0.25, -0.2) is 9.59 Å². The van der Waals surface area contributed by atoms with Gasteiger partial charge in [0.1, 0.15) is 23.0 Å². The van der Waals surface area contributed by atoms with Crippen LogP contribution in [0.1, 0.15) is 69.5 Å². The molecule has 0 aromatic heterocycles. The molecule has 0 amide bonds. The largest absolute Gasteiger partial charge is 0.494 e. The van der Waals surface area contributed by atoms with E-state index in [-0.39, 0.29) is 40.5 Å². The number of nitrogen functional groups attached to an aromatic ring is 1. The lowest BCUT2D eigenvalue weighted by atomic mass is 9.84. The lowest BCUT2D eigenvalue weighted by Gasteiger charge is -2.28. The quantitative estimate of drug-likeness (QED) is 0.0102. The first-order valence-corrected chi connectivity index (χ1v) is 21.9. The number of alkyl halides is 10. The van der Waals surface area contributed by atoms with Gasteiger partial charge in [0.15, 0.2) is 5.78 Å². The molecule has 11 nitrogen and oxygen atoms in total. The summed E-state index contributed by atoms with van der Waals surface area (Å²) in [5, 5.41) is 22.5. The SMILES string of the molecule is Nc1ccc(CC(CC(=O)/C=C/c2ccc(OC(=O)c3ccc(OCCCC(F)(F)C(F)(F)F)cc3)cc2)C(O)(O)C(=O)/C=C/c2ccc(OC(=O)c3ccc(OCCCC(F)(F)C(F)(F)F)cc3)cc2)cc1. The number of carbonyl (C=O) groups is 4. The number of nitrogens with two attached hydrogens (primary N) is 1. The number of rotatable bonds is 24. The number of ketones is 2. The number of halogens is 10. The van der Waals surface area contributed by atoms with Crippen LogP contribution in [0.15, 0.2) is 133 Å². The number of benzene rings is 5. The monoisotopic (exact) mass is 1030 g/mol. The molecule has 0 saturated heterocycles. The van der Waals surface area contributed by atoms with Crippen molar-refractivity contribution in [2.75, 3.05) is 18.9 Å². The Labute approximate surface area is 410 Å². The molecular formula is C52H45F10NO10. The molecule has 0 saturated carbocycles. The third-order valence-electron chi connectivity index (χ3n) is 10.7. The summed E-state index contributed by atoms with van der Waals surface area (Å²) in [6.07, 6.45) is -11.3. The zero-order valence-electron chi connectivity index (χ0n) is 38.1. The Morgan fingerprint density at radius 3 is 1.30 bits per heavy atom. The predicted octanol–water partition coefficient (Wildman–Crippen LogP) is 11.2. The molecule has 0 aliphatic heterocycles. The summed E-state index contributed by atoms with van der Waals surface area (Å²) in [5.41, 5.74) is 7.71. The summed E-state index contributed by atoms with van der Waals surface area (Å²) in [6.45, 7) is -0.853. The van der Waals surface area contributed by atoms with Gasteiger partial charge in [0, 0.05) is 30.9 Å². The maximum Gasteiger partial charge on any atom is 0.453 e. The molecule has 0 aliphatic carbocycles. The number of anilines is 1. The van der Waals surface area contributed by atoms with Crippen molar-refractivity contribution in [3.63, 3.8) is 0 Å². The fourth-order valence-corrected chi connectivity index (χ4v) is 6.54. The average Bonchev–Trinajstić information content (AvgIpc) is 3.33. The Hall–Kier alpha value is -7.52. The van der Waals surface area contributed by atoms with Gasteiger partial charge in [-0.15, -0.1) is 0 Å². The summed E-state index contributed by atoms with van der Waals surface area (Å²) in [6, 6.07) is 28.3. The van der Waals surface area contributed by atoms with E-state index < -0.39 is 105 Å². The maximum atomic E-state index is 13.4. The van der Waals surface area contributed by atoms with Gasteiger partial charge in [0.2, 0.25) is 11.6 Å². The van der Waals surface area contributed by atoms with Crippen LogP contribution in [0.4, 0.5) is 49.6 Å². The number of aliphatic hydroxyl groups is 2. The van der Waals surface area contributed by atoms with Crippen molar-refractivity contribution < 1.29 is 92.2 Å². The molecule has 1 atom stereocenters. The second kappa shape index (κ2) is 24.3. The number of hydrogen-bond donors (Lipinski definition) is 3. The minimum atomic E-state index is -5.67. The molecule has 73 heavy (non-hydrogen) atoms. The highest BCUT2D eigenvalue weighted by Crippen LogP contribution is 2.40. The lowest BCUT2D eigenvalue weighted by molar-refractivity contribution is -0.284. The molecule has 21 heteroatoms. The zero-order valence-corrected chi connectivity index (χ0v) is 38.1. The second-order valence-corrected chi connectivity index (χ2v) is 16.3. The van der Waals surface area contributed by atoms with E-state index in [0.717, 1.165) is 6.08 Å². The van der Waals surface area contributed by atoms with Crippen LogP contribution in [0.5, 0.6) is 23.0 Å². The van der Waals surface area contributed by atoms with Crippen LogP contribution in [0.25, 0.3) is 12.2 Å². The van der Waals surface area contributed by atoms with Crippen molar-refractivity contribution >= 4 is 41.3 Å². The van der Waals surface area contributed by atoms with Gasteiger partial charge in [-0.2, -0.15) is 43.9 Å². The first-order chi connectivity index (χ1) is 34.2. The smallest absolute Gasteiger partial charge is 0.453 e. The Morgan fingerprint density at radius 1 is 0.521 bits per heavy atom. The van der Waals surface area contributed by atoms with Crippen molar-refractivity contribution in [1.82, 2.24) is 0 Å². The Morgan fingerprint density at radius 2 is 0.904 bits per heavy atom. The maximum absolute atomic E-state index is 13.4. The van der Waals surface area contributed by atoms with Crippen LogP contribution in [-0.2, 0) is 16.0 Å². The molecule has 388 valence electrons. The second-order valence-electron chi connectivity index (χ2n) is 16.3. The molecule has 5 aromatic rings. The number of hydrogen-bond acceptors (Lipinski definition) is 11. The lowest BCUT2D eigenvalue weighted by Crippen LogP contribution is -2.46. The molecule has 0 bridgehead atoms. The minimum Gasteiger partial charge on any atom is -0.494 e. The fraction of sp³-hybridized carbons (Fsp3) is 0.269. The van der Waals surface area contributed by atoms with Crippen molar-refractivity contribution in [2.45, 2.75) is 68.5 Å². The molecular weight excluding hydrogens is 989 g/mol. The van der Waals surface area contributed by atoms with Crippen LogP contribution >= 0.6 is 0 Å². The van der Waals surface area contributed by atoms with Crippen molar-refractivity contribution in [3.05, 3.63) is 161 Å². The summed E-state index contributed by atoms with van der Waals surface area (Å²) >= 11 is 0. The van der Waals surface area contributed by atoms with Gasteiger partial charge in [-0.1, -0.05) is 48.6 Å². The molecule has 0 spiro atoms. The standard InChI is InChI=1S/C52H45F10NO10/c53-48(54,51(57,58)59)27-1-29-70-41-22-11-36(12-23-41)46(66)72-43-18-6-33(7-19-43)5-17-40(64)32-38(31-35-3-15-39(63)16-4-35)50(68,69)45(65)26-10-34-8-20-44(21-9-34)73-47(67)37-13-24-42(25-14-37)71-30-2-28-49(55,56)52(60,61)62/h3-26,38,68-69H,1-2,27-32,63H2/b17-5+,26-10+. The number of ether oxygens (including phenoxy) is 4. The highest BCUT2D eigenvalue weighted by molar-refractivity contribution is 6.00. The molecule has 0 radical (unpaired) electrons. The van der Waals surface area contributed by atoms with Crippen molar-refractivity contribution in [1.29, 1.82) is 0 Å². The third-order valence-corrected chi connectivity index (χ3v) is 10.7. The van der Waals surface area contributed by atoms with E-state index >= 15 is 0 Å². The number of carbonyl (C=O) groups excluding carboxylic acids is 4. The van der Waals surface area contributed by atoms with Gasteiger partial charge in [-0.3, -0.25) is 9.59 Å². The predicted molar refractivity (Wildman–Crippen MR) is 245 cm³/mol. The molecule has 1 unspecified atom stereocenters. The molecule has 5 aromatic carbocycles. The molecule has 4 N–H and O–H groups in total. The van der Waals surface area contributed by atoms with E-state index in [1.165, 1.54) is 115 Å². The van der Waals surface area contributed by atoms with E-state index in [2.05, 4.69) is 0 Å². The first kappa shape index (κ1) is 56.4. The Bertz CT molecular complexity index is 2700. The van der Waals surface area contributed by atoms with Gasteiger partial charge >= 0.3 is 36.1 Å². The normalized spacial score (nSPS) is 12.9. The van der Waals surface area contributed by atoms with E-state index in [1.807, 2.05) is 0 Å². The zero-order chi connectivity index (χ0) is 53.6. The highest BCUT2D eigenvalue weighted by atomic mass is 19.4. The van der Waals surface area contributed by atoms with E-state index in [9.17, 15) is 73.3 Å². The molecule has 5 rings (SSSR count). The third kappa shape index (κ3) is 16.8. The van der Waals surface area contributed by atoms with Crippen molar-refractivity contribution in [3.8, 4) is 23.0 Å². The number of esters is 2. The summed E-state index contributed by atoms with van der Waals surface area (Å²) < 4.78 is 148. The summed E-state index contributed by atoms with van der Waals surface area (Å²) in [7, 11) is 0. The van der Waals surface area contributed by atoms with E-state index in [4.69, 9.17) is 24.7 Å². The first-order valence-electron chi connectivity index (χ1n) is 21.9. The van der Waals surface area contributed by atoms with E-state index in [0.29, 0.717) is 22.4 Å². The van der Waals surface area contributed by atoms with Crippen molar-refractivity contribution in [2.24, 2.45) is 5.92 Å². The Kier molecular flexibility index (Phi) is 18.7. The van der Waals surface area contributed by atoms with Crippen LogP contribution in [0.2, 0.25) is 0 Å². The van der Waals surface area contributed by atoms with Crippen LogP contribution in [-0.4, -0.2) is 76.9 Å². The fourth-order valence-electron chi connectivity index (χ4n) is 6.54. The topological polar surface area (TPSA) is 172 Å². The van der Waals surface area contributed by atoms with Crippen LogP contribution in [0, 0.1) is 5.92 Å². The Balaban J connectivity index is 1.13. The number of allylic oxidation sites excluding steroid dienone is 1. The van der Waals surface area contributed by atoms with Gasteiger partial charge < -0.3 is 34.9 Å². The molecule has 0 aliphatic rings. The van der Waals surface area contributed by atoms with Crippen LogP contribution in [0.3, 0.4) is 0 Å². The van der Waals surface area contributed by atoms with Gasteiger partial charge in [0.25, 0.3) is 0 Å². The highest BCUT2D eigenvalue weighted by Gasteiger charge is 2.57. The molecule has 0 fully saturated rings. The average molecular weight is 1030 g/mol. The van der Waals surface area contributed by atoms with E-state index in [1.54, 1.807) is 24.3 Å². The minimum absolute atomic E-state index is 0.0510. The summed E-state index contributed by atoms with van der Waals surface area (Å²) in [5.74, 6) is -17.0. The van der Waals surface area contributed by atoms with Crippen LogP contribution < -0.4 is 24.7 Å². The van der Waals surface area contributed by atoms with Gasteiger partial charge in [-0.05, 0) is 133 Å². The summed E-state index contributed by atoms with van der Waals surface area (Å²) in [4.78, 5) is 52.0. The molecule has 0 heterocycles. The van der Waals surface area contributed by atoms with Gasteiger partial charge in [0.05, 0.1) is 24.3 Å².